The summed E-state index contributed by atoms with van der Waals surface area (Å²) in [5.74, 6) is 0.372. The zero-order valence-electron chi connectivity index (χ0n) is 6.47. The maximum Gasteiger partial charge on any atom is 0.102 e. The van der Waals surface area contributed by atoms with Gasteiger partial charge in [-0.15, -0.1) is 0 Å². The minimum absolute atomic E-state index is 0.372. The van der Waals surface area contributed by atoms with E-state index in [-0.39, 0.29) is 0 Å². The van der Waals surface area contributed by atoms with Crippen molar-refractivity contribution >= 4 is 12.6 Å². The fraction of sp³-hybridized carbons (Fsp3) is 1.00. The van der Waals surface area contributed by atoms with E-state index in [2.05, 4.69) is 19.6 Å². The lowest BCUT2D eigenvalue weighted by Crippen LogP contribution is -2.03. The highest BCUT2D eigenvalue weighted by Crippen LogP contribution is 1.87. The number of rotatable bonds is 7. The Balaban J connectivity index is 2.65. The molecule has 0 spiro atoms. The molecule has 0 saturated carbocycles. The maximum atomic E-state index is 5.20. The summed E-state index contributed by atoms with van der Waals surface area (Å²) in [5, 5.41) is 0. The lowest BCUT2D eigenvalue weighted by Gasteiger charge is -2.01. The lowest BCUT2D eigenvalue weighted by molar-refractivity contribution is 0.0645. The van der Waals surface area contributed by atoms with Crippen molar-refractivity contribution in [1.82, 2.24) is 0 Å². The monoisotopic (exact) mass is 163 g/mol. The fourth-order valence-electron chi connectivity index (χ4n) is 0.525. The molecule has 0 aliphatic carbocycles. The summed E-state index contributed by atoms with van der Waals surface area (Å²) in [6.45, 7) is 4.30. The van der Waals surface area contributed by atoms with E-state index >= 15 is 0 Å². The molecule has 0 aliphatic rings. The van der Waals surface area contributed by atoms with Crippen LogP contribution >= 0.6 is 12.6 Å². The second-order valence-electron chi connectivity index (χ2n) is 1.99. The minimum Gasteiger partial charge on any atom is -0.379 e. The van der Waals surface area contributed by atoms with Crippen LogP contribution in [0.4, 0.5) is 0 Å². The van der Waals surface area contributed by atoms with Gasteiger partial charge >= 0.3 is 0 Å². The molecule has 0 aliphatic heterocycles. The molecule has 0 aromatic heterocycles. The van der Waals surface area contributed by atoms with Gasteiger partial charge in [-0.05, 0) is 6.42 Å². The van der Waals surface area contributed by atoms with E-state index in [4.69, 9.17) is 9.47 Å². The largest absolute Gasteiger partial charge is 0.379 e. The second kappa shape index (κ2) is 9.27. The van der Waals surface area contributed by atoms with Crippen LogP contribution in [0.15, 0.2) is 0 Å². The molecule has 0 N–H and O–H groups in total. The van der Waals surface area contributed by atoms with Gasteiger partial charge in [0.05, 0.1) is 13.2 Å². The molecule has 3 heteroatoms. The minimum atomic E-state index is 0.372. The summed E-state index contributed by atoms with van der Waals surface area (Å²) >= 11 is 4.58. The van der Waals surface area contributed by atoms with Crippen LogP contribution in [-0.2, 0) is 9.47 Å². The molecule has 61 valence electrons. The Morgan fingerprint density at radius 2 is 1.80 bits per heavy atom. The molecule has 0 aromatic carbocycles. The molecule has 0 saturated heterocycles. The van der Waals surface area contributed by atoms with Gasteiger partial charge in [0.15, 0.2) is 0 Å². The predicted molar refractivity (Wildman–Crippen MR) is 44.1 cm³/mol. The Morgan fingerprint density at radius 1 is 1.10 bits per heavy atom. The average molecular weight is 163 g/mol. The molecule has 2 nitrogen and oxygen atoms in total. The van der Waals surface area contributed by atoms with Gasteiger partial charge in [0.1, 0.15) is 5.94 Å². The molecule has 0 amide bonds. The topological polar surface area (TPSA) is 18.5 Å². The zero-order chi connectivity index (χ0) is 7.66. The van der Waals surface area contributed by atoms with Crippen molar-refractivity contribution in [3.8, 4) is 0 Å². The summed E-state index contributed by atoms with van der Waals surface area (Å²) in [6.07, 6.45) is 2.32. The van der Waals surface area contributed by atoms with E-state index in [1.165, 1.54) is 6.42 Å². The maximum absolute atomic E-state index is 5.20. The highest BCUT2D eigenvalue weighted by atomic mass is 32.1. The standard InChI is InChI=1S/C7H15O2S/c1-2-3-4-8-5-6-9-7-10/h2-7H2,1H3. The molecule has 1 radical (unpaired) electrons. The van der Waals surface area contributed by atoms with Crippen LogP contribution < -0.4 is 0 Å². The quantitative estimate of drug-likeness (QED) is 0.534. The molecular weight excluding hydrogens is 148 g/mol. The van der Waals surface area contributed by atoms with Crippen LogP contribution in [-0.4, -0.2) is 25.8 Å². The molecule has 0 aromatic rings. The molecule has 0 heterocycles. The van der Waals surface area contributed by atoms with Gasteiger partial charge in [-0.3, -0.25) is 0 Å². The molecule has 10 heavy (non-hydrogen) atoms. The Kier molecular flexibility index (Phi) is 9.52. The second-order valence-corrected chi connectivity index (χ2v) is 2.23. The normalized spacial score (nSPS) is 10.2. The molecule has 0 unspecified atom stereocenters. The number of hydrogen-bond donors (Lipinski definition) is 0. The zero-order valence-corrected chi connectivity index (χ0v) is 7.28. The first-order valence-corrected chi connectivity index (χ1v) is 4.23. The van der Waals surface area contributed by atoms with Crippen LogP contribution in [0.2, 0.25) is 0 Å². The fourth-order valence-corrected chi connectivity index (χ4v) is 0.643. The smallest absolute Gasteiger partial charge is 0.102 e. The number of ether oxygens (including phenoxy) is 2. The number of unbranched alkanes of at least 4 members (excludes halogenated alkanes) is 1. The Morgan fingerprint density at radius 3 is 2.40 bits per heavy atom. The molecule has 0 rings (SSSR count). The van der Waals surface area contributed by atoms with Crippen molar-refractivity contribution in [1.29, 1.82) is 0 Å². The van der Waals surface area contributed by atoms with Crippen LogP contribution in [0.25, 0.3) is 0 Å². The lowest BCUT2D eigenvalue weighted by atomic mass is 10.4. The highest BCUT2D eigenvalue weighted by molar-refractivity contribution is 7.80. The van der Waals surface area contributed by atoms with Gasteiger partial charge in [0, 0.05) is 6.61 Å². The van der Waals surface area contributed by atoms with Crippen molar-refractivity contribution in [2.75, 3.05) is 25.8 Å². The van der Waals surface area contributed by atoms with E-state index in [1.54, 1.807) is 0 Å². The van der Waals surface area contributed by atoms with Crippen molar-refractivity contribution in [2.24, 2.45) is 0 Å². The summed E-state index contributed by atoms with van der Waals surface area (Å²) < 4.78 is 10.1. The van der Waals surface area contributed by atoms with E-state index in [9.17, 15) is 0 Å². The van der Waals surface area contributed by atoms with Crippen molar-refractivity contribution in [2.45, 2.75) is 19.8 Å². The number of hydrogen-bond acceptors (Lipinski definition) is 2. The first kappa shape index (κ1) is 10.3. The molecule has 0 atom stereocenters. The van der Waals surface area contributed by atoms with Gasteiger partial charge in [0.25, 0.3) is 0 Å². The van der Waals surface area contributed by atoms with E-state index in [0.29, 0.717) is 19.2 Å². The Labute approximate surface area is 68.3 Å². The Hall–Kier alpha value is 0.270. The third-order valence-electron chi connectivity index (χ3n) is 1.10. The first-order valence-electron chi connectivity index (χ1n) is 3.65. The van der Waals surface area contributed by atoms with E-state index < -0.39 is 0 Å². The highest BCUT2D eigenvalue weighted by Gasteiger charge is 1.86. The van der Waals surface area contributed by atoms with Crippen LogP contribution in [0.3, 0.4) is 0 Å². The van der Waals surface area contributed by atoms with Crippen molar-refractivity contribution in [3.05, 3.63) is 0 Å². The van der Waals surface area contributed by atoms with Gasteiger partial charge in [-0.25, -0.2) is 0 Å². The third kappa shape index (κ3) is 8.27. The summed E-state index contributed by atoms with van der Waals surface area (Å²) in [5.41, 5.74) is 0. The van der Waals surface area contributed by atoms with Crippen molar-refractivity contribution < 1.29 is 9.47 Å². The molecule has 0 bridgehead atoms. The summed E-state index contributed by atoms with van der Waals surface area (Å²) in [4.78, 5) is 0. The van der Waals surface area contributed by atoms with E-state index in [1.807, 2.05) is 0 Å². The predicted octanol–water partition coefficient (Wildman–Crippen LogP) is 1.97. The van der Waals surface area contributed by atoms with Gasteiger partial charge in [0.2, 0.25) is 0 Å². The van der Waals surface area contributed by atoms with Crippen LogP contribution in [0.1, 0.15) is 19.8 Å². The van der Waals surface area contributed by atoms with Gasteiger partial charge < -0.3 is 9.47 Å². The van der Waals surface area contributed by atoms with Gasteiger partial charge in [-0.1, -0.05) is 26.0 Å². The van der Waals surface area contributed by atoms with Crippen molar-refractivity contribution in [3.63, 3.8) is 0 Å². The van der Waals surface area contributed by atoms with Crippen LogP contribution in [0, 0.1) is 0 Å². The molecule has 0 fully saturated rings. The van der Waals surface area contributed by atoms with E-state index in [0.717, 1.165) is 13.0 Å². The third-order valence-corrected chi connectivity index (χ3v) is 1.26. The van der Waals surface area contributed by atoms with Gasteiger partial charge in [-0.2, -0.15) is 0 Å². The summed E-state index contributed by atoms with van der Waals surface area (Å²) in [7, 11) is 0. The molecular formula is C7H15O2S. The average Bonchev–Trinajstić information content (AvgIpc) is 1.97. The first-order chi connectivity index (χ1) is 4.91. The Bertz CT molecular complexity index is 51.6. The van der Waals surface area contributed by atoms with Crippen LogP contribution in [0.5, 0.6) is 0 Å². The SMILES string of the molecule is CCCCOCCOC[S]. The summed E-state index contributed by atoms with van der Waals surface area (Å²) in [6, 6.07) is 0.